The summed E-state index contributed by atoms with van der Waals surface area (Å²) in [6.45, 7) is 1.21. The van der Waals surface area contributed by atoms with Gasteiger partial charge < -0.3 is 5.32 Å². The molecule has 1 aromatic carbocycles. The number of anilines is 1. The van der Waals surface area contributed by atoms with Crippen LogP contribution in [0.2, 0.25) is 0 Å². The third kappa shape index (κ3) is 2.12. The van der Waals surface area contributed by atoms with Crippen LogP contribution in [0.4, 0.5) is 14.5 Å². The molecule has 0 fully saturated rings. The van der Waals surface area contributed by atoms with Crippen LogP contribution in [0, 0.1) is 11.6 Å². The summed E-state index contributed by atoms with van der Waals surface area (Å²) >= 11 is 0. The van der Waals surface area contributed by atoms with Gasteiger partial charge in [-0.2, -0.15) is 0 Å². The van der Waals surface area contributed by atoms with Crippen LogP contribution in [0.15, 0.2) is 12.1 Å². The molecule has 1 aromatic rings. The fraction of sp³-hybridized carbons (Fsp3) is 0.111. The average molecular weight is 199 g/mol. The van der Waals surface area contributed by atoms with Crippen molar-refractivity contribution in [3.05, 3.63) is 29.3 Å². The molecule has 0 heterocycles. The molecule has 14 heavy (non-hydrogen) atoms. The second-order valence-electron chi connectivity index (χ2n) is 2.65. The Morgan fingerprint density at radius 2 is 1.86 bits per heavy atom. The molecule has 0 aliphatic rings. The van der Waals surface area contributed by atoms with Gasteiger partial charge in [0.25, 0.3) is 0 Å². The molecule has 0 spiro atoms. The number of aldehydes is 1. The summed E-state index contributed by atoms with van der Waals surface area (Å²) in [6.07, 6.45) is 0.0855. The maximum absolute atomic E-state index is 12.9. The zero-order valence-electron chi connectivity index (χ0n) is 7.30. The van der Waals surface area contributed by atoms with Crippen LogP contribution < -0.4 is 5.32 Å². The number of hydrogen-bond acceptors (Lipinski definition) is 2. The van der Waals surface area contributed by atoms with Gasteiger partial charge in [0, 0.05) is 12.6 Å². The van der Waals surface area contributed by atoms with Gasteiger partial charge in [-0.1, -0.05) is 0 Å². The fourth-order valence-corrected chi connectivity index (χ4v) is 0.972. The Kier molecular flexibility index (Phi) is 2.91. The van der Waals surface area contributed by atoms with Crippen molar-refractivity contribution in [2.24, 2.45) is 0 Å². The average Bonchev–Trinajstić information content (AvgIpc) is 2.01. The minimum Gasteiger partial charge on any atom is -0.326 e. The van der Waals surface area contributed by atoms with Gasteiger partial charge in [0.15, 0.2) is 6.29 Å². The van der Waals surface area contributed by atoms with E-state index in [-0.39, 0.29) is 12.0 Å². The van der Waals surface area contributed by atoms with Crippen molar-refractivity contribution in [1.82, 2.24) is 0 Å². The molecule has 0 atom stereocenters. The van der Waals surface area contributed by atoms with Gasteiger partial charge in [0.2, 0.25) is 5.91 Å². The standard InChI is InChI=1S/C9H7F2NO2/c1-5(14)12-6-2-8(10)7(4-13)9(11)3-6/h2-4H,1H3,(H,12,14). The van der Waals surface area contributed by atoms with E-state index in [1.165, 1.54) is 6.92 Å². The normalized spacial score (nSPS) is 9.64. The predicted octanol–water partition coefficient (Wildman–Crippen LogP) is 1.74. The van der Waals surface area contributed by atoms with E-state index >= 15 is 0 Å². The molecule has 0 saturated carbocycles. The maximum Gasteiger partial charge on any atom is 0.221 e. The zero-order valence-corrected chi connectivity index (χ0v) is 7.30. The Hall–Kier alpha value is -1.78. The second-order valence-corrected chi connectivity index (χ2v) is 2.65. The van der Waals surface area contributed by atoms with E-state index < -0.39 is 23.1 Å². The highest BCUT2D eigenvalue weighted by molar-refractivity contribution is 5.89. The molecule has 0 radical (unpaired) electrons. The predicted molar refractivity (Wildman–Crippen MR) is 46.0 cm³/mol. The molecule has 5 heteroatoms. The summed E-state index contributed by atoms with van der Waals surface area (Å²) in [6, 6.07) is 1.77. The first-order chi connectivity index (χ1) is 6.54. The molecule has 0 aliphatic carbocycles. The summed E-state index contributed by atoms with van der Waals surface area (Å²) in [5.41, 5.74) is -0.655. The molecule has 0 unspecified atom stereocenters. The lowest BCUT2D eigenvalue weighted by Crippen LogP contribution is -2.07. The van der Waals surface area contributed by atoms with Crippen LogP contribution >= 0.6 is 0 Å². The lowest BCUT2D eigenvalue weighted by Gasteiger charge is -2.03. The van der Waals surface area contributed by atoms with E-state index in [1.54, 1.807) is 0 Å². The summed E-state index contributed by atoms with van der Waals surface area (Å²) in [7, 11) is 0. The van der Waals surface area contributed by atoms with Gasteiger partial charge in [-0.3, -0.25) is 9.59 Å². The molecule has 0 aliphatic heterocycles. The van der Waals surface area contributed by atoms with Gasteiger partial charge in [0.05, 0.1) is 5.56 Å². The van der Waals surface area contributed by atoms with Crippen molar-refractivity contribution in [1.29, 1.82) is 0 Å². The minimum atomic E-state index is -0.997. The van der Waals surface area contributed by atoms with Crippen LogP contribution in [0.3, 0.4) is 0 Å². The Morgan fingerprint density at radius 1 is 1.36 bits per heavy atom. The molecule has 74 valence electrons. The first-order valence-corrected chi connectivity index (χ1v) is 3.76. The third-order valence-corrected chi connectivity index (χ3v) is 1.52. The highest BCUT2D eigenvalue weighted by atomic mass is 19.1. The van der Waals surface area contributed by atoms with E-state index in [9.17, 15) is 18.4 Å². The molecule has 0 aromatic heterocycles. The Bertz CT molecular complexity index is 367. The first kappa shape index (κ1) is 10.3. The smallest absolute Gasteiger partial charge is 0.221 e. The van der Waals surface area contributed by atoms with Crippen molar-refractivity contribution < 1.29 is 18.4 Å². The number of rotatable bonds is 2. The van der Waals surface area contributed by atoms with Gasteiger partial charge in [-0.25, -0.2) is 8.78 Å². The van der Waals surface area contributed by atoms with Crippen molar-refractivity contribution >= 4 is 17.9 Å². The zero-order chi connectivity index (χ0) is 10.7. The van der Waals surface area contributed by atoms with Crippen LogP contribution in [-0.4, -0.2) is 12.2 Å². The van der Waals surface area contributed by atoms with Crippen molar-refractivity contribution in [2.75, 3.05) is 5.32 Å². The number of benzene rings is 1. The molecular formula is C9H7F2NO2. The van der Waals surface area contributed by atoms with E-state index in [0.717, 1.165) is 12.1 Å². The summed E-state index contributed by atoms with van der Waals surface area (Å²) in [5, 5.41) is 2.20. The van der Waals surface area contributed by atoms with Gasteiger partial charge in [-0.15, -0.1) is 0 Å². The van der Waals surface area contributed by atoms with Gasteiger partial charge in [-0.05, 0) is 12.1 Å². The fourth-order valence-electron chi connectivity index (χ4n) is 0.972. The molecular weight excluding hydrogens is 192 g/mol. The Labute approximate surface area is 78.7 Å². The highest BCUT2D eigenvalue weighted by Crippen LogP contribution is 2.17. The first-order valence-electron chi connectivity index (χ1n) is 3.76. The van der Waals surface area contributed by atoms with Crippen LogP contribution in [0.1, 0.15) is 17.3 Å². The van der Waals surface area contributed by atoms with Crippen molar-refractivity contribution in [3.8, 4) is 0 Å². The number of hydrogen-bond donors (Lipinski definition) is 1. The topological polar surface area (TPSA) is 46.2 Å². The van der Waals surface area contributed by atoms with E-state index in [1.807, 2.05) is 0 Å². The largest absolute Gasteiger partial charge is 0.326 e. The molecule has 3 nitrogen and oxygen atoms in total. The summed E-state index contributed by atoms with van der Waals surface area (Å²) < 4.78 is 25.9. The van der Waals surface area contributed by atoms with E-state index in [2.05, 4.69) is 5.32 Å². The van der Waals surface area contributed by atoms with E-state index in [4.69, 9.17) is 0 Å². The quantitative estimate of drug-likeness (QED) is 0.737. The molecule has 1 N–H and O–H groups in total. The van der Waals surface area contributed by atoms with Crippen LogP contribution in [-0.2, 0) is 4.79 Å². The summed E-state index contributed by atoms with van der Waals surface area (Å²) in [4.78, 5) is 20.8. The van der Waals surface area contributed by atoms with Gasteiger partial charge in [0.1, 0.15) is 11.6 Å². The monoisotopic (exact) mass is 199 g/mol. The summed E-state index contributed by atoms with van der Waals surface area (Å²) in [5.74, 6) is -2.44. The molecule has 0 saturated heterocycles. The lowest BCUT2D eigenvalue weighted by molar-refractivity contribution is -0.114. The number of carbonyl (C=O) groups is 2. The Morgan fingerprint density at radius 3 is 2.21 bits per heavy atom. The molecule has 1 amide bonds. The number of amides is 1. The van der Waals surface area contributed by atoms with Crippen molar-refractivity contribution in [2.45, 2.75) is 6.92 Å². The number of carbonyl (C=O) groups excluding carboxylic acids is 2. The molecule has 0 bridgehead atoms. The highest BCUT2D eigenvalue weighted by Gasteiger charge is 2.10. The van der Waals surface area contributed by atoms with Crippen molar-refractivity contribution in [3.63, 3.8) is 0 Å². The molecule has 1 rings (SSSR count). The van der Waals surface area contributed by atoms with Gasteiger partial charge >= 0.3 is 0 Å². The minimum absolute atomic E-state index is 0.0156. The van der Waals surface area contributed by atoms with E-state index in [0.29, 0.717) is 0 Å². The van der Waals surface area contributed by atoms with Crippen LogP contribution in [0.25, 0.3) is 0 Å². The number of halogens is 2. The number of nitrogens with one attached hydrogen (secondary N) is 1. The Balaban J connectivity index is 3.13. The SMILES string of the molecule is CC(=O)Nc1cc(F)c(C=O)c(F)c1. The van der Waals surface area contributed by atoms with Crippen LogP contribution in [0.5, 0.6) is 0 Å². The third-order valence-electron chi connectivity index (χ3n) is 1.52. The second kappa shape index (κ2) is 3.95. The maximum atomic E-state index is 12.9. The lowest BCUT2D eigenvalue weighted by atomic mass is 10.2.